The van der Waals surface area contributed by atoms with Gasteiger partial charge >= 0.3 is 0 Å². The first kappa shape index (κ1) is 14.3. The van der Waals surface area contributed by atoms with Crippen molar-refractivity contribution < 1.29 is 4.79 Å². The molecule has 1 amide bonds. The van der Waals surface area contributed by atoms with Gasteiger partial charge in [0.2, 0.25) is 5.91 Å². The van der Waals surface area contributed by atoms with Gasteiger partial charge in [-0.05, 0) is 53.4 Å². The SMILES string of the molecule is O=C(/C=C/[C@H]1C[C@H]2C[C@@H]1c1ccccc12)NCc1ccccc1. The van der Waals surface area contributed by atoms with E-state index in [-0.39, 0.29) is 5.91 Å². The molecule has 2 bridgehead atoms. The van der Waals surface area contributed by atoms with Gasteiger partial charge in [-0.1, -0.05) is 60.7 Å². The van der Waals surface area contributed by atoms with Crippen molar-refractivity contribution in [1.29, 1.82) is 0 Å². The molecule has 1 fully saturated rings. The monoisotopic (exact) mass is 303 g/mol. The zero-order valence-corrected chi connectivity index (χ0v) is 13.1. The third kappa shape index (κ3) is 2.81. The van der Waals surface area contributed by atoms with E-state index in [1.807, 2.05) is 30.3 Å². The highest BCUT2D eigenvalue weighted by molar-refractivity contribution is 5.87. The highest BCUT2D eigenvalue weighted by Gasteiger charge is 2.42. The number of nitrogens with one attached hydrogen (secondary N) is 1. The molecule has 116 valence electrons. The topological polar surface area (TPSA) is 29.1 Å². The van der Waals surface area contributed by atoms with E-state index < -0.39 is 0 Å². The van der Waals surface area contributed by atoms with Crippen molar-refractivity contribution in [2.45, 2.75) is 31.2 Å². The van der Waals surface area contributed by atoms with Crippen LogP contribution in [-0.4, -0.2) is 5.91 Å². The van der Waals surface area contributed by atoms with Crippen molar-refractivity contribution in [2.75, 3.05) is 0 Å². The third-order valence-corrected chi connectivity index (χ3v) is 5.25. The van der Waals surface area contributed by atoms with Gasteiger partial charge in [-0.2, -0.15) is 0 Å². The Hall–Kier alpha value is -2.35. The molecule has 23 heavy (non-hydrogen) atoms. The predicted octanol–water partition coefficient (Wildman–Crippen LogP) is 4.15. The Kier molecular flexibility index (Phi) is 3.74. The molecule has 2 aromatic rings. The number of hydrogen-bond donors (Lipinski definition) is 1. The molecule has 0 saturated heterocycles. The minimum Gasteiger partial charge on any atom is -0.348 e. The second-order valence-corrected chi connectivity index (χ2v) is 6.63. The summed E-state index contributed by atoms with van der Waals surface area (Å²) in [7, 11) is 0. The summed E-state index contributed by atoms with van der Waals surface area (Å²) >= 11 is 0. The highest BCUT2D eigenvalue weighted by Crippen LogP contribution is 2.56. The van der Waals surface area contributed by atoms with Crippen LogP contribution in [0.4, 0.5) is 0 Å². The molecule has 0 unspecified atom stereocenters. The number of rotatable bonds is 4. The summed E-state index contributed by atoms with van der Waals surface area (Å²) in [6, 6.07) is 18.8. The Morgan fingerprint density at radius 3 is 2.57 bits per heavy atom. The fourth-order valence-electron chi connectivity index (χ4n) is 4.17. The standard InChI is InChI=1S/C21H21NO/c23-21(22-14-15-6-2-1-3-7-15)11-10-16-12-17-13-20(16)19-9-5-4-8-18(17)19/h1-11,16-17,20H,12-14H2,(H,22,23)/b11-10+/t16-,17-,20-/m0/s1. The lowest BCUT2D eigenvalue weighted by Crippen LogP contribution is -2.20. The van der Waals surface area contributed by atoms with Crippen LogP contribution in [0, 0.1) is 5.92 Å². The number of carbonyl (C=O) groups is 1. The number of amides is 1. The largest absolute Gasteiger partial charge is 0.348 e. The maximum atomic E-state index is 12.0. The molecule has 2 nitrogen and oxygen atoms in total. The second-order valence-electron chi connectivity index (χ2n) is 6.63. The van der Waals surface area contributed by atoms with Crippen LogP contribution < -0.4 is 5.32 Å². The van der Waals surface area contributed by atoms with Gasteiger partial charge in [0.05, 0.1) is 0 Å². The normalized spacial score (nSPS) is 24.8. The van der Waals surface area contributed by atoms with E-state index in [2.05, 4.69) is 35.7 Å². The molecule has 3 atom stereocenters. The van der Waals surface area contributed by atoms with E-state index in [9.17, 15) is 4.79 Å². The van der Waals surface area contributed by atoms with Crippen LogP contribution in [0.25, 0.3) is 0 Å². The molecular weight excluding hydrogens is 282 g/mol. The molecule has 0 aliphatic heterocycles. The summed E-state index contributed by atoms with van der Waals surface area (Å²) in [6.07, 6.45) is 6.29. The van der Waals surface area contributed by atoms with Crippen LogP contribution in [0.3, 0.4) is 0 Å². The molecule has 1 saturated carbocycles. The molecule has 2 heteroatoms. The van der Waals surface area contributed by atoms with Crippen molar-refractivity contribution in [3.63, 3.8) is 0 Å². The molecule has 0 radical (unpaired) electrons. The zero-order chi connectivity index (χ0) is 15.6. The average molecular weight is 303 g/mol. The Bertz CT molecular complexity index is 735. The molecule has 0 aromatic heterocycles. The summed E-state index contributed by atoms with van der Waals surface area (Å²) < 4.78 is 0. The van der Waals surface area contributed by atoms with Gasteiger partial charge in [-0.3, -0.25) is 4.79 Å². The Morgan fingerprint density at radius 1 is 1.00 bits per heavy atom. The van der Waals surface area contributed by atoms with E-state index in [0.29, 0.717) is 24.3 Å². The number of carbonyl (C=O) groups excluding carboxylic acids is 1. The number of fused-ring (bicyclic) bond motifs is 5. The smallest absolute Gasteiger partial charge is 0.243 e. The molecule has 4 rings (SSSR count). The maximum absolute atomic E-state index is 12.0. The highest BCUT2D eigenvalue weighted by atomic mass is 16.1. The van der Waals surface area contributed by atoms with E-state index in [1.54, 1.807) is 6.08 Å². The number of benzene rings is 2. The lowest BCUT2D eigenvalue weighted by Gasteiger charge is -2.21. The first-order chi connectivity index (χ1) is 11.3. The fraction of sp³-hybridized carbons (Fsp3) is 0.286. The van der Waals surface area contributed by atoms with Crippen LogP contribution in [0.15, 0.2) is 66.7 Å². The maximum Gasteiger partial charge on any atom is 0.243 e. The van der Waals surface area contributed by atoms with E-state index in [0.717, 1.165) is 5.56 Å². The Balaban J connectivity index is 1.36. The summed E-state index contributed by atoms with van der Waals surface area (Å²) in [5.74, 6) is 1.81. The van der Waals surface area contributed by atoms with E-state index >= 15 is 0 Å². The lowest BCUT2D eigenvalue weighted by molar-refractivity contribution is -0.116. The van der Waals surface area contributed by atoms with E-state index in [1.165, 1.54) is 24.0 Å². The van der Waals surface area contributed by atoms with Crippen molar-refractivity contribution >= 4 is 5.91 Å². The summed E-state index contributed by atoms with van der Waals surface area (Å²) in [5.41, 5.74) is 4.17. The molecule has 2 aliphatic carbocycles. The van der Waals surface area contributed by atoms with Crippen LogP contribution in [0.1, 0.15) is 41.4 Å². The van der Waals surface area contributed by atoms with Crippen LogP contribution in [-0.2, 0) is 11.3 Å². The van der Waals surface area contributed by atoms with Gasteiger partial charge in [0.1, 0.15) is 0 Å². The first-order valence-corrected chi connectivity index (χ1v) is 8.40. The Labute approximate surface area is 137 Å². The summed E-state index contributed by atoms with van der Waals surface area (Å²) in [4.78, 5) is 12.0. The lowest BCUT2D eigenvalue weighted by atomic mass is 9.83. The van der Waals surface area contributed by atoms with Crippen LogP contribution in [0.5, 0.6) is 0 Å². The zero-order valence-electron chi connectivity index (χ0n) is 13.1. The molecule has 1 N–H and O–H groups in total. The quantitative estimate of drug-likeness (QED) is 0.845. The van der Waals surface area contributed by atoms with Gasteiger partial charge in [0, 0.05) is 6.54 Å². The van der Waals surface area contributed by atoms with Crippen molar-refractivity contribution in [1.82, 2.24) is 5.32 Å². The Morgan fingerprint density at radius 2 is 1.74 bits per heavy atom. The van der Waals surface area contributed by atoms with Crippen LogP contribution in [0.2, 0.25) is 0 Å². The van der Waals surface area contributed by atoms with Gasteiger partial charge in [-0.25, -0.2) is 0 Å². The molecule has 0 spiro atoms. The molecular formula is C21H21NO. The second kappa shape index (κ2) is 6.04. The van der Waals surface area contributed by atoms with Crippen LogP contribution >= 0.6 is 0 Å². The van der Waals surface area contributed by atoms with Gasteiger partial charge in [-0.15, -0.1) is 0 Å². The fourth-order valence-corrected chi connectivity index (χ4v) is 4.17. The first-order valence-electron chi connectivity index (χ1n) is 8.40. The molecule has 2 aromatic carbocycles. The summed E-state index contributed by atoms with van der Waals surface area (Å²) in [5, 5.41) is 2.96. The minimum atomic E-state index is 0.00455. The number of allylic oxidation sites excluding steroid dienone is 1. The van der Waals surface area contributed by atoms with E-state index in [4.69, 9.17) is 0 Å². The molecule has 2 aliphatic rings. The third-order valence-electron chi connectivity index (χ3n) is 5.25. The molecule has 0 heterocycles. The van der Waals surface area contributed by atoms with Crippen molar-refractivity contribution in [3.05, 3.63) is 83.4 Å². The minimum absolute atomic E-state index is 0.00455. The predicted molar refractivity (Wildman–Crippen MR) is 92.1 cm³/mol. The van der Waals surface area contributed by atoms with Gasteiger partial charge in [0.15, 0.2) is 0 Å². The van der Waals surface area contributed by atoms with Gasteiger partial charge < -0.3 is 5.32 Å². The number of hydrogen-bond acceptors (Lipinski definition) is 1. The van der Waals surface area contributed by atoms with Gasteiger partial charge in [0.25, 0.3) is 0 Å². The van der Waals surface area contributed by atoms with Crippen molar-refractivity contribution in [2.24, 2.45) is 5.92 Å². The summed E-state index contributed by atoms with van der Waals surface area (Å²) in [6.45, 7) is 0.587. The van der Waals surface area contributed by atoms with Crippen molar-refractivity contribution in [3.8, 4) is 0 Å². The average Bonchev–Trinajstić information content (AvgIpc) is 3.18.